The Morgan fingerprint density at radius 3 is 2.30 bits per heavy atom. The van der Waals surface area contributed by atoms with Crippen molar-refractivity contribution in [1.29, 1.82) is 0 Å². The zero-order valence-corrected chi connectivity index (χ0v) is 19.7. The predicted octanol–water partition coefficient (Wildman–Crippen LogP) is 3.08. The van der Waals surface area contributed by atoms with Gasteiger partial charge in [-0.05, 0) is 78.1 Å². The molecule has 1 aromatic rings. The summed E-state index contributed by atoms with van der Waals surface area (Å²) < 4.78 is 6.89. The molecule has 2 amide bonds. The number of hydrogen-bond donors (Lipinski definition) is 3. The second kappa shape index (κ2) is 10.4. The van der Waals surface area contributed by atoms with Crippen LogP contribution >= 0.6 is 0 Å². The van der Waals surface area contributed by atoms with Crippen LogP contribution in [-0.2, 0) is 4.74 Å². The molecule has 1 heterocycles. The van der Waals surface area contributed by atoms with Gasteiger partial charge < -0.3 is 20.1 Å². The highest BCUT2D eigenvalue weighted by molar-refractivity contribution is 5.68. The third kappa shape index (κ3) is 7.10. The Morgan fingerprint density at radius 1 is 1.12 bits per heavy atom. The van der Waals surface area contributed by atoms with Gasteiger partial charge in [-0.25, -0.2) is 14.4 Å². The molecular formula is C23H36N4O6. The molecule has 0 atom stereocenters. The van der Waals surface area contributed by atoms with Gasteiger partial charge in [0, 0.05) is 36.9 Å². The molecule has 0 saturated heterocycles. The molecule has 3 rings (SSSR count). The summed E-state index contributed by atoms with van der Waals surface area (Å²) in [5.74, 6) is 0.244. The molecule has 2 saturated carbocycles. The SMILES string of the molecule is CC(C)(C)OC(=O)N[C@H]1CC[C@H](N(C[C@H]2CC[C@H](n3ccc(=O)[nH]c3=O)CC2)C(=O)O)CC1. The minimum atomic E-state index is -0.905. The van der Waals surface area contributed by atoms with Crippen LogP contribution in [0, 0.1) is 5.92 Å². The molecule has 33 heavy (non-hydrogen) atoms. The molecule has 2 aliphatic carbocycles. The second-order valence-electron chi connectivity index (χ2n) is 10.3. The van der Waals surface area contributed by atoms with Gasteiger partial charge in [-0.3, -0.25) is 14.3 Å². The Labute approximate surface area is 193 Å². The van der Waals surface area contributed by atoms with Gasteiger partial charge in [-0.15, -0.1) is 0 Å². The van der Waals surface area contributed by atoms with E-state index in [1.807, 2.05) is 20.8 Å². The number of nitrogens with zero attached hydrogens (tertiary/aromatic N) is 2. The van der Waals surface area contributed by atoms with Gasteiger partial charge in [0.25, 0.3) is 5.56 Å². The fourth-order valence-corrected chi connectivity index (χ4v) is 4.99. The number of alkyl carbamates (subject to hydrolysis) is 1. The summed E-state index contributed by atoms with van der Waals surface area (Å²) in [6.07, 6.45) is 6.25. The molecule has 2 fully saturated rings. The number of carbonyl (C=O) groups is 2. The van der Waals surface area contributed by atoms with Gasteiger partial charge >= 0.3 is 17.9 Å². The number of aromatic amines is 1. The highest BCUT2D eigenvalue weighted by atomic mass is 16.6. The van der Waals surface area contributed by atoms with E-state index in [-0.39, 0.29) is 24.0 Å². The van der Waals surface area contributed by atoms with Gasteiger partial charge in [0.15, 0.2) is 0 Å². The molecule has 0 aromatic carbocycles. The molecule has 10 heteroatoms. The topological polar surface area (TPSA) is 134 Å². The van der Waals surface area contributed by atoms with E-state index in [1.165, 1.54) is 6.07 Å². The van der Waals surface area contributed by atoms with Gasteiger partial charge in [0.05, 0.1) is 0 Å². The maximum absolute atomic E-state index is 12.0. The van der Waals surface area contributed by atoms with Crippen LogP contribution in [0.1, 0.15) is 78.2 Å². The molecule has 0 aliphatic heterocycles. The first-order chi connectivity index (χ1) is 15.5. The van der Waals surface area contributed by atoms with Crippen molar-refractivity contribution < 1.29 is 19.4 Å². The zero-order chi connectivity index (χ0) is 24.2. The van der Waals surface area contributed by atoms with E-state index in [0.29, 0.717) is 19.4 Å². The molecule has 10 nitrogen and oxygen atoms in total. The third-order valence-electron chi connectivity index (χ3n) is 6.62. The average Bonchev–Trinajstić information content (AvgIpc) is 2.72. The van der Waals surface area contributed by atoms with Crippen molar-refractivity contribution in [3.63, 3.8) is 0 Å². The first-order valence-corrected chi connectivity index (χ1v) is 11.8. The smallest absolute Gasteiger partial charge is 0.407 e. The Bertz CT molecular complexity index is 933. The fraction of sp³-hybridized carbons (Fsp3) is 0.739. The van der Waals surface area contributed by atoms with Crippen molar-refractivity contribution in [2.24, 2.45) is 5.92 Å². The average molecular weight is 465 g/mol. The Hall–Kier alpha value is -2.78. The summed E-state index contributed by atoms with van der Waals surface area (Å²) in [5, 5.41) is 12.7. The summed E-state index contributed by atoms with van der Waals surface area (Å²) >= 11 is 0. The molecule has 1 aromatic heterocycles. The van der Waals surface area contributed by atoms with Gasteiger partial charge in [-0.2, -0.15) is 0 Å². The van der Waals surface area contributed by atoms with Crippen molar-refractivity contribution in [2.45, 2.75) is 95.9 Å². The van der Waals surface area contributed by atoms with E-state index in [9.17, 15) is 24.3 Å². The first-order valence-electron chi connectivity index (χ1n) is 11.8. The van der Waals surface area contributed by atoms with Crippen LogP contribution in [-0.4, -0.2) is 56.0 Å². The van der Waals surface area contributed by atoms with Crippen LogP contribution in [0.3, 0.4) is 0 Å². The van der Waals surface area contributed by atoms with Gasteiger partial charge in [0.2, 0.25) is 0 Å². The number of aromatic nitrogens is 2. The van der Waals surface area contributed by atoms with Crippen molar-refractivity contribution in [3.8, 4) is 0 Å². The molecule has 3 N–H and O–H groups in total. The largest absolute Gasteiger partial charge is 0.465 e. The number of nitrogens with one attached hydrogen (secondary N) is 2. The van der Waals surface area contributed by atoms with Gasteiger partial charge in [0.1, 0.15) is 5.60 Å². The lowest BCUT2D eigenvalue weighted by Gasteiger charge is -2.39. The number of ether oxygens (including phenoxy) is 1. The zero-order valence-electron chi connectivity index (χ0n) is 19.7. The third-order valence-corrected chi connectivity index (χ3v) is 6.62. The standard InChI is InChI=1S/C23H36N4O6/c1-23(2,3)33-21(30)24-16-6-10-18(11-7-16)27(22(31)32)14-15-4-8-17(9-5-15)26-13-12-19(28)25-20(26)29/h12-13,15-18H,4-11,14H2,1-3H3,(H,24,30)(H,31,32)(H,25,28,29)/t15-,16-,17-,18-. The Balaban J connectivity index is 1.49. The highest BCUT2D eigenvalue weighted by Crippen LogP contribution is 2.33. The minimum absolute atomic E-state index is 0.00203. The van der Waals surface area contributed by atoms with E-state index in [0.717, 1.165) is 38.5 Å². The molecule has 184 valence electrons. The predicted molar refractivity (Wildman–Crippen MR) is 122 cm³/mol. The molecule has 0 spiro atoms. The number of carbonyl (C=O) groups excluding carboxylic acids is 1. The molecule has 0 bridgehead atoms. The normalized spacial score (nSPS) is 25.8. The molecule has 2 aliphatic rings. The number of rotatable bonds is 5. The van der Waals surface area contributed by atoms with Crippen molar-refractivity contribution in [2.75, 3.05) is 6.54 Å². The summed E-state index contributed by atoms with van der Waals surface area (Å²) in [6, 6.07) is 1.32. The fourth-order valence-electron chi connectivity index (χ4n) is 4.99. The summed E-state index contributed by atoms with van der Waals surface area (Å²) in [7, 11) is 0. The van der Waals surface area contributed by atoms with Crippen LogP contribution in [0.2, 0.25) is 0 Å². The van der Waals surface area contributed by atoms with E-state index in [2.05, 4.69) is 10.3 Å². The Morgan fingerprint density at radius 2 is 1.76 bits per heavy atom. The molecular weight excluding hydrogens is 428 g/mol. The second-order valence-corrected chi connectivity index (χ2v) is 10.3. The summed E-state index contributed by atoms with van der Waals surface area (Å²) in [4.78, 5) is 51.2. The van der Waals surface area contributed by atoms with Crippen molar-refractivity contribution in [3.05, 3.63) is 33.1 Å². The maximum Gasteiger partial charge on any atom is 0.407 e. The van der Waals surface area contributed by atoms with E-state index < -0.39 is 29.0 Å². The minimum Gasteiger partial charge on any atom is -0.465 e. The lowest BCUT2D eigenvalue weighted by Crippen LogP contribution is -2.48. The van der Waals surface area contributed by atoms with Crippen LogP contribution < -0.4 is 16.6 Å². The van der Waals surface area contributed by atoms with Crippen LogP contribution in [0.25, 0.3) is 0 Å². The number of H-pyrrole nitrogens is 1. The van der Waals surface area contributed by atoms with E-state index in [1.54, 1.807) is 15.7 Å². The maximum atomic E-state index is 12.0. The lowest BCUT2D eigenvalue weighted by atomic mass is 9.84. The van der Waals surface area contributed by atoms with Crippen LogP contribution in [0.5, 0.6) is 0 Å². The quantitative estimate of drug-likeness (QED) is 0.613. The molecule has 0 unspecified atom stereocenters. The number of hydrogen-bond acceptors (Lipinski definition) is 5. The van der Waals surface area contributed by atoms with Crippen molar-refractivity contribution >= 4 is 12.2 Å². The summed E-state index contributed by atoms with van der Waals surface area (Å²) in [6.45, 7) is 5.94. The molecule has 0 radical (unpaired) electrons. The highest BCUT2D eigenvalue weighted by Gasteiger charge is 2.33. The Kier molecular flexibility index (Phi) is 7.86. The van der Waals surface area contributed by atoms with Gasteiger partial charge in [-0.1, -0.05) is 0 Å². The number of carboxylic acid groups (broad SMARTS) is 1. The van der Waals surface area contributed by atoms with E-state index in [4.69, 9.17) is 4.74 Å². The van der Waals surface area contributed by atoms with E-state index >= 15 is 0 Å². The lowest BCUT2D eigenvalue weighted by molar-refractivity contribution is 0.0466. The monoisotopic (exact) mass is 464 g/mol. The first kappa shape index (κ1) is 24.9. The van der Waals surface area contributed by atoms with Crippen LogP contribution in [0.4, 0.5) is 9.59 Å². The van der Waals surface area contributed by atoms with Crippen molar-refractivity contribution in [1.82, 2.24) is 19.8 Å². The number of amides is 2. The summed E-state index contributed by atoms with van der Waals surface area (Å²) in [5.41, 5.74) is -1.35. The van der Waals surface area contributed by atoms with Crippen LogP contribution in [0.15, 0.2) is 21.9 Å².